The Morgan fingerprint density at radius 2 is 1.36 bits per heavy atom. The second-order valence-corrected chi connectivity index (χ2v) is 13.9. The lowest BCUT2D eigenvalue weighted by molar-refractivity contribution is -0.140. The van der Waals surface area contributed by atoms with Crippen molar-refractivity contribution < 1.29 is 19.8 Å². The molecule has 8 aliphatic carbocycles. The summed E-state index contributed by atoms with van der Waals surface area (Å²) in [5.74, 6) is 4.56. The number of carbonyl (C=O) groups is 2. The normalized spacial score (nSPS) is 45.8. The fourth-order valence-corrected chi connectivity index (χ4v) is 11.3. The minimum absolute atomic E-state index is 0.204. The summed E-state index contributed by atoms with van der Waals surface area (Å²) in [6.07, 6.45) is 19.0. The van der Waals surface area contributed by atoms with Gasteiger partial charge in [0, 0.05) is 11.1 Å². The van der Waals surface area contributed by atoms with Gasteiger partial charge in [-0.25, -0.2) is 9.59 Å². The molecule has 0 amide bonds. The summed E-state index contributed by atoms with van der Waals surface area (Å²) in [6, 6.07) is 0. The Hall–Kier alpha value is -1.58. The highest BCUT2D eigenvalue weighted by molar-refractivity contribution is 5.87. The van der Waals surface area contributed by atoms with Gasteiger partial charge < -0.3 is 10.2 Å². The van der Waals surface area contributed by atoms with Gasteiger partial charge in [-0.1, -0.05) is 32.9 Å². The monoisotopic (exact) mass is 496 g/mol. The molecule has 0 aromatic carbocycles. The third-order valence-electron chi connectivity index (χ3n) is 12.0. The van der Waals surface area contributed by atoms with Crippen LogP contribution in [-0.4, -0.2) is 22.2 Å². The lowest BCUT2D eigenvalue weighted by Gasteiger charge is -2.61. The third kappa shape index (κ3) is 4.29. The van der Waals surface area contributed by atoms with Crippen LogP contribution in [0.3, 0.4) is 0 Å². The number of carboxylic acid groups (broad SMARTS) is 2. The Morgan fingerprint density at radius 3 is 1.81 bits per heavy atom. The summed E-state index contributed by atoms with van der Waals surface area (Å²) in [4.78, 5) is 22.5. The molecule has 0 radical (unpaired) electrons. The number of rotatable bonds is 7. The first-order valence-corrected chi connectivity index (χ1v) is 15.0. The highest BCUT2D eigenvalue weighted by Crippen LogP contribution is 2.66. The smallest absolute Gasteiger partial charge is 0.331 e. The van der Waals surface area contributed by atoms with Gasteiger partial charge in [0.15, 0.2) is 0 Å². The summed E-state index contributed by atoms with van der Waals surface area (Å²) >= 11 is 0. The predicted molar refractivity (Wildman–Crippen MR) is 142 cm³/mol. The van der Waals surface area contributed by atoms with Crippen LogP contribution >= 0.6 is 0 Å². The lowest BCUT2D eigenvalue weighted by atomic mass is 9.43. The first kappa shape index (κ1) is 26.0. The van der Waals surface area contributed by atoms with Gasteiger partial charge in [0.2, 0.25) is 0 Å². The van der Waals surface area contributed by atoms with Crippen LogP contribution in [-0.2, 0) is 9.59 Å². The molecule has 8 bridgehead atoms. The first-order chi connectivity index (χ1) is 17.1. The van der Waals surface area contributed by atoms with E-state index in [1.54, 1.807) is 6.92 Å². The van der Waals surface area contributed by atoms with Gasteiger partial charge in [0.1, 0.15) is 0 Å². The largest absolute Gasteiger partial charge is 0.478 e. The average molecular weight is 497 g/mol. The fraction of sp³-hybridized carbons (Fsp3) is 0.812. The van der Waals surface area contributed by atoms with E-state index < -0.39 is 11.9 Å². The van der Waals surface area contributed by atoms with E-state index in [4.69, 9.17) is 0 Å². The molecule has 3 unspecified atom stereocenters. The molecular formula is C32H48O4. The Balaban J connectivity index is 0.000000148. The number of hydrogen-bond donors (Lipinski definition) is 2. The highest BCUT2D eigenvalue weighted by Gasteiger charge is 2.58. The molecule has 0 aromatic heterocycles. The van der Waals surface area contributed by atoms with Crippen LogP contribution in [0.5, 0.6) is 0 Å². The van der Waals surface area contributed by atoms with Crippen LogP contribution in [0.2, 0.25) is 0 Å². The fourth-order valence-electron chi connectivity index (χ4n) is 11.3. The topological polar surface area (TPSA) is 74.6 Å². The summed E-state index contributed by atoms with van der Waals surface area (Å²) < 4.78 is 0. The van der Waals surface area contributed by atoms with E-state index in [0.717, 1.165) is 41.9 Å². The van der Waals surface area contributed by atoms with Crippen LogP contribution in [0.15, 0.2) is 23.8 Å². The van der Waals surface area contributed by atoms with Gasteiger partial charge in [0.05, 0.1) is 0 Å². The lowest BCUT2D eigenvalue weighted by Crippen LogP contribution is -2.53. The second kappa shape index (κ2) is 9.62. The third-order valence-corrected chi connectivity index (χ3v) is 12.0. The van der Waals surface area contributed by atoms with E-state index >= 15 is 0 Å². The van der Waals surface area contributed by atoms with Crippen LogP contribution in [0.4, 0.5) is 0 Å². The minimum Gasteiger partial charge on any atom is -0.478 e. The molecule has 4 nitrogen and oxygen atoms in total. The average Bonchev–Trinajstić information content (AvgIpc) is 2.80. The maximum Gasteiger partial charge on any atom is 0.331 e. The van der Waals surface area contributed by atoms with Gasteiger partial charge in [-0.15, -0.1) is 0 Å². The standard InChI is InChI=1S/2C16H24O2/c1-3-16(9-10(2)15(17)18)13-5-11-4-12(7-13)8-14(16)6-11;1-3-4-16-8-11-5-12(9-16)7-13(6-11)14(16)10(2)15(17)18/h9,11-14H,3-8H2,1-2H3,(H,17,18);11-14H,2-9H2,1H3,(H,17,18)/b10-9+;. The van der Waals surface area contributed by atoms with Gasteiger partial charge >= 0.3 is 11.9 Å². The Kier molecular flexibility index (Phi) is 6.96. The molecule has 36 heavy (non-hydrogen) atoms. The van der Waals surface area contributed by atoms with Crippen molar-refractivity contribution in [2.45, 2.75) is 104 Å². The van der Waals surface area contributed by atoms with Gasteiger partial charge in [-0.3, -0.25) is 0 Å². The predicted octanol–water partition coefficient (Wildman–Crippen LogP) is 7.74. The van der Waals surface area contributed by atoms with Crippen molar-refractivity contribution in [3.8, 4) is 0 Å². The maximum atomic E-state index is 11.4. The number of hydrogen-bond acceptors (Lipinski definition) is 2. The van der Waals surface area contributed by atoms with Crippen LogP contribution in [0, 0.1) is 58.2 Å². The number of aliphatic carboxylic acids is 2. The van der Waals surface area contributed by atoms with Crippen LogP contribution in [0.25, 0.3) is 0 Å². The SMILES string of the molecule is C=C(C(=O)O)C1C2CC3CC(C2)CC1(CCC)C3.CCC1(/C=C(\C)C(=O)O)C2CC3CC(C2)CC1C3. The second-order valence-electron chi connectivity index (χ2n) is 13.9. The molecule has 0 aromatic rings. The summed E-state index contributed by atoms with van der Waals surface area (Å²) in [5.41, 5.74) is 1.56. The quantitative estimate of drug-likeness (QED) is 0.354. The van der Waals surface area contributed by atoms with Gasteiger partial charge in [-0.05, 0) is 142 Å². The van der Waals surface area contributed by atoms with E-state index in [1.165, 1.54) is 77.0 Å². The zero-order valence-corrected chi connectivity index (χ0v) is 22.8. The Labute approximate surface area is 218 Å². The minimum atomic E-state index is -0.761. The zero-order valence-electron chi connectivity index (χ0n) is 22.8. The zero-order chi connectivity index (χ0) is 25.8. The maximum absolute atomic E-state index is 11.4. The Morgan fingerprint density at radius 1 is 0.833 bits per heavy atom. The van der Waals surface area contributed by atoms with Crippen molar-refractivity contribution in [2.75, 3.05) is 0 Å². The Bertz CT molecular complexity index is 886. The van der Waals surface area contributed by atoms with E-state index in [2.05, 4.69) is 26.5 Å². The van der Waals surface area contributed by atoms with Gasteiger partial charge in [0.25, 0.3) is 0 Å². The van der Waals surface area contributed by atoms with Crippen molar-refractivity contribution >= 4 is 11.9 Å². The van der Waals surface area contributed by atoms with Crippen LogP contribution < -0.4 is 0 Å². The molecule has 0 saturated heterocycles. The van der Waals surface area contributed by atoms with Crippen molar-refractivity contribution in [1.82, 2.24) is 0 Å². The summed E-state index contributed by atoms with van der Waals surface area (Å²) in [5, 5.41) is 18.5. The van der Waals surface area contributed by atoms with E-state index in [1.807, 2.05) is 0 Å². The molecule has 2 N–H and O–H groups in total. The molecule has 4 heteroatoms. The first-order valence-electron chi connectivity index (χ1n) is 15.0. The van der Waals surface area contributed by atoms with Gasteiger partial charge in [-0.2, -0.15) is 0 Å². The molecule has 0 heterocycles. The van der Waals surface area contributed by atoms with E-state index in [-0.39, 0.29) is 11.3 Å². The molecule has 0 aliphatic heterocycles. The number of allylic oxidation sites excluding steroid dienone is 1. The highest BCUT2D eigenvalue weighted by atomic mass is 16.4. The molecule has 8 saturated carbocycles. The molecule has 3 atom stereocenters. The summed E-state index contributed by atoms with van der Waals surface area (Å²) in [6.45, 7) is 10.2. The van der Waals surface area contributed by atoms with E-state index in [0.29, 0.717) is 22.5 Å². The molecule has 200 valence electrons. The van der Waals surface area contributed by atoms with Crippen molar-refractivity contribution in [3.05, 3.63) is 23.8 Å². The van der Waals surface area contributed by atoms with E-state index in [9.17, 15) is 19.8 Å². The molecule has 8 fully saturated rings. The molecular weight excluding hydrogens is 448 g/mol. The van der Waals surface area contributed by atoms with Crippen molar-refractivity contribution in [3.63, 3.8) is 0 Å². The molecule has 0 spiro atoms. The molecule has 8 aliphatic rings. The van der Waals surface area contributed by atoms with Crippen molar-refractivity contribution in [1.29, 1.82) is 0 Å². The number of carboxylic acids is 2. The molecule has 8 rings (SSSR count). The summed E-state index contributed by atoms with van der Waals surface area (Å²) in [7, 11) is 0. The van der Waals surface area contributed by atoms with Crippen LogP contribution in [0.1, 0.15) is 104 Å². The van der Waals surface area contributed by atoms with Crippen molar-refractivity contribution in [2.24, 2.45) is 58.2 Å².